The highest BCUT2D eigenvalue weighted by Gasteiger charge is 2.08. The quantitative estimate of drug-likeness (QED) is 0.746. The number of aromatic nitrogens is 1. The van der Waals surface area contributed by atoms with Gasteiger partial charge in [-0.15, -0.1) is 0 Å². The zero-order valence-corrected chi connectivity index (χ0v) is 10.6. The summed E-state index contributed by atoms with van der Waals surface area (Å²) in [6.45, 7) is 2.30. The molecule has 1 aromatic heterocycles. The minimum atomic E-state index is -0.247. The molecule has 1 heterocycles. The molecule has 0 saturated heterocycles. The van der Waals surface area contributed by atoms with Crippen LogP contribution in [0, 0.1) is 0 Å². The van der Waals surface area contributed by atoms with Crippen LogP contribution in [0.2, 0.25) is 0 Å². The minimum absolute atomic E-state index is 0.0326. The fourth-order valence-corrected chi connectivity index (χ4v) is 1.20. The van der Waals surface area contributed by atoms with Gasteiger partial charge in [-0.2, -0.15) is 0 Å². The zero-order valence-electron chi connectivity index (χ0n) is 9.77. The lowest BCUT2D eigenvalue weighted by Crippen LogP contribution is -2.32. The third-order valence-electron chi connectivity index (χ3n) is 2.23. The number of ether oxygens (including phenoxy) is 1. The van der Waals surface area contributed by atoms with Crippen molar-refractivity contribution >= 4 is 23.1 Å². The molecule has 17 heavy (non-hydrogen) atoms. The molecule has 1 rings (SSSR count). The van der Waals surface area contributed by atoms with Crippen LogP contribution < -0.4 is 11.1 Å². The van der Waals surface area contributed by atoms with Crippen LogP contribution >= 0.6 is 12.2 Å². The number of thiocarbonyl (C=S) groups is 1. The van der Waals surface area contributed by atoms with Gasteiger partial charge < -0.3 is 15.8 Å². The van der Waals surface area contributed by atoms with Crippen LogP contribution in [0.15, 0.2) is 18.3 Å². The standard InChI is InChI=1S/C11H15N3O2S/c1-7(16-2)5-14-11(15)9-4-3-8(6-13-9)10(12)17/h3-4,6-7H,5H2,1-2H3,(H2,12,17)(H,14,15). The first kappa shape index (κ1) is 13.5. The van der Waals surface area contributed by atoms with E-state index < -0.39 is 0 Å². The van der Waals surface area contributed by atoms with Crippen molar-refractivity contribution in [3.8, 4) is 0 Å². The summed E-state index contributed by atoms with van der Waals surface area (Å²) in [6.07, 6.45) is 1.45. The van der Waals surface area contributed by atoms with Crippen LogP contribution in [0.3, 0.4) is 0 Å². The third-order valence-corrected chi connectivity index (χ3v) is 2.47. The van der Waals surface area contributed by atoms with Gasteiger partial charge in [-0.25, -0.2) is 0 Å². The number of rotatable bonds is 5. The summed E-state index contributed by atoms with van der Waals surface area (Å²) in [4.78, 5) is 15.9. The molecule has 1 atom stereocenters. The van der Waals surface area contributed by atoms with Crippen LogP contribution in [0.5, 0.6) is 0 Å². The van der Waals surface area contributed by atoms with Crippen LogP contribution in [-0.2, 0) is 4.74 Å². The Hall–Kier alpha value is -1.53. The molecule has 5 nitrogen and oxygen atoms in total. The van der Waals surface area contributed by atoms with Gasteiger partial charge in [-0.3, -0.25) is 9.78 Å². The molecule has 92 valence electrons. The summed E-state index contributed by atoms with van der Waals surface area (Å²) >= 11 is 4.79. The molecule has 0 fully saturated rings. The summed E-state index contributed by atoms with van der Waals surface area (Å²) in [5, 5.41) is 2.71. The van der Waals surface area contributed by atoms with Gasteiger partial charge in [0.25, 0.3) is 5.91 Å². The summed E-state index contributed by atoms with van der Waals surface area (Å²) in [5.74, 6) is -0.247. The van der Waals surface area contributed by atoms with E-state index in [9.17, 15) is 4.79 Å². The molecule has 0 aliphatic carbocycles. The maximum absolute atomic E-state index is 11.7. The second kappa shape index (κ2) is 6.27. The van der Waals surface area contributed by atoms with Crippen molar-refractivity contribution in [2.45, 2.75) is 13.0 Å². The number of pyridine rings is 1. The predicted octanol–water partition coefficient (Wildman–Crippen LogP) is 0.481. The number of hydrogen-bond acceptors (Lipinski definition) is 4. The van der Waals surface area contributed by atoms with Gasteiger partial charge in [0.05, 0.1) is 6.10 Å². The molecular weight excluding hydrogens is 238 g/mol. The van der Waals surface area contributed by atoms with E-state index >= 15 is 0 Å². The SMILES string of the molecule is COC(C)CNC(=O)c1ccc(C(N)=S)cn1. The molecule has 0 aliphatic heterocycles. The van der Waals surface area contributed by atoms with Crippen molar-refractivity contribution < 1.29 is 9.53 Å². The van der Waals surface area contributed by atoms with Crippen molar-refractivity contribution in [1.29, 1.82) is 0 Å². The molecule has 0 saturated carbocycles. The Morgan fingerprint density at radius 2 is 2.35 bits per heavy atom. The highest BCUT2D eigenvalue weighted by molar-refractivity contribution is 7.80. The fraction of sp³-hybridized carbons (Fsp3) is 0.364. The van der Waals surface area contributed by atoms with Gasteiger partial charge in [0.2, 0.25) is 0 Å². The van der Waals surface area contributed by atoms with Crippen LogP contribution in [0.25, 0.3) is 0 Å². The average molecular weight is 253 g/mol. The number of hydrogen-bond donors (Lipinski definition) is 2. The lowest BCUT2D eigenvalue weighted by Gasteiger charge is -2.10. The van der Waals surface area contributed by atoms with E-state index in [1.807, 2.05) is 6.92 Å². The van der Waals surface area contributed by atoms with Gasteiger partial charge in [0.15, 0.2) is 0 Å². The molecule has 0 radical (unpaired) electrons. The lowest BCUT2D eigenvalue weighted by atomic mass is 10.2. The van der Waals surface area contributed by atoms with E-state index in [4.69, 9.17) is 22.7 Å². The maximum Gasteiger partial charge on any atom is 0.269 e. The summed E-state index contributed by atoms with van der Waals surface area (Å²) < 4.78 is 5.02. The number of amides is 1. The van der Waals surface area contributed by atoms with Crippen LogP contribution in [-0.4, -0.2) is 35.6 Å². The Bertz CT molecular complexity index is 406. The van der Waals surface area contributed by atoms with Gasteiger partial charge in [0.1, 0.15) is 10.7 Å². The molecule has 3 N–H and O–H groups in total. The molecule has 6 heteroatoms. The van der Waals surface area contributed by atoms with E-state index in [2.05, 4.69) is 10.3 Å². The number of methoxy groups -OCH3 is 1. The number of nitrogens with zero attached hydrogens (tertiary/aromatic N) is 1. The normalized spacial score (nSPS) is 11.9. The number of nitrogens with two attached hydrogens (primary N) is 1. The highest BCUT2D eigenvalue weighted by Crippen LogP contribution is 2.00. The van der Waals surface area contributed by atoms with Crippen molar-refractivity contribution in [2.75, 3.05) is 13.7 Å². The molecule has 1 unspecified atom stereocenters. The van der Waals surface area contributed by atoms with Gasteiger partial charge >= 0.3 is 0 Å². The Balaban J connectivity index is 2.61. The van der Waals surface area contributed by atoms with E-state index in [1.165, 1.54) is 6.20 Å². The number of carbonyl (C=O) groups excluding carboxylic acids is 1. The fourth-order valence-electron chi connectivity index (χ4n) is 1.08. The number of nitrogens with one attached hydrogen (secondary N) is 1. The molecule has 0 aliphatic rings. The lowest BCUT2D eigenvalue weighted by molar-refractivity contribution is 0.0866. The van der Waals surface area contributed by atoms with E-state index in [0.717, 1.165) is 0 Å². The molecular formula is C11H15N3O2S. The van der Waals surface area contributed by atoms with E-state index in [-0.39, 0.29) is 17.0 Å². The molecule has 1 aromatic rings. The summed E-state index contributed by atoms with van der Waals surface area (Å²) in [7, 11) is 1.59. The first-order valence-electron chi connectivity index (χ1n) is 5.11. The Morgan fingerprint density at radius 1 is 1.65 bits per heavy atom. The molecule has 0 bridgehead atoms. The summed E-state index contributed by atoms with van der Waals surface area (Å²) in [5.41, 5.74) is 6.40. The third kappa shape index (κ3) is 4.08. The minimum Gasteiger partial charge on any atom is -0.389 e. The molecule has 1 amide bonds. The average Bonchev–Trinajstić information content (AvgIpc) is 2.35. The Kier molecular flexibility index (Phi) is 4.99. The van der Waals surface area contributed by atoms with Crippen molar-refractivity contribution in [3.63, 3.8) is 0 Å². The van der Waals surface area contributed by atoms with Gasteiger partial charge in [-0.05, 0) is 19.1 Å². The topological polar surface area (TPSA) is 77.2 Å². The largest absolute Gasteiger partial charge is 0.389 e. The van der Waals surface area contributed by atoms with Crippen molar-refractivity contribution in [2.24, 2.45) is 5.73 Å². The van der Waals surface area contributed by atoms with E-state index in [0.29, 0.717) is 17.8 Å². The summed E-state index contributed by atoms with van der Waals surface area (Å²) in [6, 6.07) is 3.26. The number of carbonyl (C=O) groups is 1. The van der Waals surface area contributed by atoms with Crippen LogP contribution in [0.4, 0.5) is 0 Å². The zero-order chi connectivity index (χ0) is 12.8. The van der Waals surface area contributed by atoms with Crippen molar-refractivity contribution in [1.82, 2.24) is 10.3 Å². The maximum atomic E-state index is 11.7. The second-order valence-electron chi connectivity index (χ2n) is 3.55. The first-order valence-corrected chi connectivity index (χ1v) is 5.52. The molecule has 0 aromatic carbocycles. The van der Waals surface area contributed by atoms with Crippen molar-refractivity contribution in [3.05, 3.63) is 29.6 Å². The van der Waals surface area contributed by atoms with E-state index in [1.54, 1.807) is 19.2 Å². The Labute approximate surface area is 105 Å². The Morgan fingerprint density at radius 3 is 2.82 bits per heavy atom. The first-order chi connectivity index (χ1) is 8.04. The smallest absolute Gasteiger partial charge is 0.269 e. The predicted molar refractivity (Wildman–Crippen MR) is 68.9 cm³/mol. The highest BCUT2D eigenvalue weighted by atomic mass is 32.1. The van der Waals surface area contributed by atoms with Gasteiger partial charge in [0, 0.05) is 25.4 Å². The monoisotopic (exact) mass is 253 g/mol. The second-order valence-corrected chi connectivity index (χ2v) is 3.99. The van der Waals surface area contributed by atoms with Crippen LogP contribution in [0.1, 0.15) is 23.0 Å². The van der Waals surface area contributed by atoms with Gasteiger partial charge in [-0.1, -0.05) is 12.2 Å². The molecule has 0 spiro atoms.